The molecule has 1 aliphatic heterocycles. The van der Waals surface area contributed by atoms with Gasteiger partial charge in [-0.25, -0.2) is 0 Å². The zero-order valence-corrected chi connectivity index (χ0v) is 11.6. The van der Waals surface area contributed by atoms with Crippen molar-refractivity contribution < 1.29 is 17.9 Å². The molecule has 1 aliphatic rings. The normalized spacial score (nSPS) is 16.7. The highest BCUT2D eigenvalue weighted by molar-refractivity contribution is 5.59. The third kappa shape index (κ3) is 2.31. The summed E-state index contributed by atoms with van der Waals surface area (Å²) in [5, 5.41) is 11.0. The number of alkyl halides is 3. The Hall–Kier alpha value is -1.90. The molecule has 21 heavy (non-hydrogen) atoms. The van der Waals surface area contributed by atoms with Crippen molar-refractivity contribution in [3.8, 4) is 0 Å². The van der Waals surface area contributed by atoms with Crippen LogP contribution in [0.4, 0.5) is 19.0 Å². The van der Waals surface area contributed by atoms with Crippen LogP contribution in [0.15, 0.2) is 0 Å². The Morgan fingerprint density at radius 3 is 2.33 bits per heavy atom. The highest BCUT2D eigenvalue weighted by Gasteiger charge is 2.38. The van der Waals surface area contributed by atoms with Gasteiger partial charge in [-0.1, -0.05) is 0 Å². The first kappa shape index (κ1) is 14.1. The molecule has 0 radical (unpaired) electrons. The molecule has 0 atom stereocenters. The van der Waals surface area contributed by atoms with Crippen molar-refractivity contribution in [3.63, 3.8) is 0 Å². The maximum atomic E-state index is 13.0. The third-order valence-corrected chi connectivity index (χ3v) is 3.63. The van der Waals surface area contributed by atoms with Gasteiger partial charge in [0.05, 0.1) is 13.2 Å². The van der Waals surface area contributed by atoms with Crippen LogP contribution in [0.25, 0.3) is 5.65 Å². The lowest BCUT2D eigenvalue weighted by atomic mass is 10.1. The average molecular weight is 301 g/mol. The second-order valence-electron chi connectivity index (χ2n) is 4.93. The smallest absolute Gasteiger partial charge is 0.378 e. The van der Waals surface area contributed by atoms with E-state index in [1.54, 1.807) is 6.92 Å². The summed E-state index contributed by atoms with van der Waals surface area (Å²) in [5.74, 6) is -0.580. The molecule has 0 unspecified atom stereocenters. The molecule has 1 saturated heterocycles. The van der Waals surface area contributed by atoms with Crippen molar-refractivity contribution in [2.24, 2.45) is 0 Å². The minimum atomic E-state index is -4.59. The number of aryl methyl sites for hydroxylation is 1. The van der Waals surface area contributed by atoms with E-state index < -0.39 is 12.0 Å². The average Bonchev–Trinajstić information content (AvgIpc) is 2.87. The topological polar surface area (TPSA) is 55.5 Å². The molecule has 9 heteroatoms. The number of nitrogens with zero attached hydrogens (tertiary/aromatic N) is 5. The molecule has 0 spiro atoms. The molecule has 0 saturated carbocycles. The van der Waals surface area contributed by atoms with E-state index in [0.717, 1.165) is 10.1 Å². The first-order chi connectivity index (χ1) is 9.89. The molecule has 0 aliphatic carbocycles. The summed E-state index contributed by atoms with van der Waals surface area (Å²) in [6.45, 7) is 5.82. The van der Waals surface area contributed by atoms with Crippen molar-refractivity contribution >= 4 is 11.5 Å². The van der Waals surface area contributed by atoms with Gasteiger partial charge in [0, 0.05) is 24.2 Å². The van der Waals surface area contributed by atoms with Crippen LogP contribution in [0, 0.1) is 13.8 Å². The van der Waals surface area contributed by atoms with Gasteiger partial charge in [-0.3, -0.25) is 0 Å². The number of ether oxygens (including phenoxy) is 1. The Bertz CT molecular complexity index is 676. The number of rotatable bonds is 1. The van der Waals surface area contributed by atoms with Crippen LogP contribution in [-0.2, 0) is 10.9 Å². The summed E-state index contributed by atoms with van der Waals surface area (Å²) in [7, 11) is 0. The van der Waals surface area contributed by atoms with E-state index in [-0.39, 0.29) is 5.65 Å². The summed E-state index contributed by atoms with van der Waals surface area (Å²) < 4.78 is 44.9. The quantitative estimate of drug-likeness (QED) is 0.801. The minimum Gasteiger partial charge on any atom is -0.378 e. The Morgan fingerprint density at radius 1 is 1.05 bits per heavy atom. The van der Waals surface area contributed by atoms with Gasteiger partial charge in [0.15, 0.2) is 11.5 Å². The van der Waals surface area contributed by atoms with E-state index in [1.165, 1.54) is 0 Å². The van der Waals surface area contributed by atoms with E-state index in [1.807, 2.05) is 11.8 Å². The number of fused-ring (bicyclic) bond motifs is 1. The maximum Gasteiger partial charge on any atom is 0.453 e. The van der Waals surface area contributed by atoms with Gasteiger partial charge in [0.1, 0.15) is 0 Å². The molecule has 3 heterocycles. The van der Waals surface area contributed by atoms with E-state index in [0.29, 0.717) is 37.7 Å². The number of hydrogen-bond acceptors (Lipinski definition) is 5. The van der Waals surface area contributed by atoms with Crippen LogP contribution in [-0.4, -0.2) is 46.1 Å². The number of morpholine rings is 1. The zero-order valence-electron chi connectivity index (χ0n) is 11.6. The summed E-state index contributed by atoms with van der Waals surface area (Å²) in [5.41, 5.74) is 1.59. The highest BCUT2D eigenvalue weighted by atomic mass is 19.4. The zero-order chi connectivity index (χ0) is 15.2. The predicted octanol–water partition coefficient (Wildman–Crippen LogP) is 1.60. The lowest BCUT2D eigenvalue weighted by Crippen LogP contribution is -2.37. The standard InChI is InChI=1S/C12H14F3N5O/c1-7-8(2)10(19-3-5-21-6-4-19)18-20-9(7)16-17-11(20)12(13,14)15/h3-6H2,1-2H3. The predicted molar refractivity (Wildman–Crippen MR) is 68.3 cm³/mol. The lowest BCUT2D eigenvalue weighted by Gasteiger charge is -2.29. The molecule has 6 nitrogen and oxygen atoms in total. The molecule has 0 aromatic carbocycles. The van der Waals surface area contributed by atoms with Gasteiger partial charge in [0.25, 0.3) is 5.82 Å². The van der Waals surface area contributed by atoms with Gasteiger partial charge in [-0.2, -0.15) is 17.7 Å². The maximum absolute atomic E-state index is 13.0. The van der Waals surface area contributed by atoms with Crippen molar-refractivity contribution in [2.45, 2.75) is 20.0 Å². The van der Waals surface area contributed by atoms with Crippen molar-refractivity contribution in [1.29, 1.82) is 0 Å². The summed E-state index contributed by atoms with van der Waals surface area (Å²) in [6, 6.07) is 0. The molecular formula is C12H14F3N5O. The van der Waals surface area contributed by atoms with E-state index in [9.17, 15) is 13.2 Å². The fourth-order valence-corrected chi connectivity index (χ4v) is 2.37. The monoisotopic (exact) mass is 301 g/mol. The Balaban J connectivity index is 2.18. The van der Waals surface area contributed by atoms with Crippen LogP contribution in [0.5, 0.6) is 0 Å². The van der Waals surface area contributed by atoms with Gasteiger partial charge >= 0.3 is 6.18 Å². The third-order valence-electron chi connectivity index (χ3n) is 3.63. The molecule has 114 valence electrons. The molecule has 0 N–H and O–H groups in total. The summed E-state index contributed by atoms with van der Waals surface area (Å²) >= 11 is 0. The lowest BCUT2D eigenvalue weighted by molar-refractivity contribution is -0.146. The number of aromatic nitrogens is 4. The van der Waals surface area contributed by atoms with E-state index in [4.69, 9.17) is 4.74 Å². The van der Waals surface area contributed by atoms with Crippen LogP contribution >= 0.6 is 0 Å². The second kappa shape index (κ2) is 4.83. The highest BCUT2D eigenvalue weighted by Crippen LogP contribution is 2.30. The van der Waals surface area contributed by atoms with Crippen LogP contribution in [0.1, 0.15) is 17.0 Å². The Kier molecular flexibility index (Phi) is 3.23. The van der Waals surface area contributed by atoms with E-state index >= 15 is 0 Å². The number of halogens is 3. The molecule has 0 bridgehead atoms. The summed E-state index contributed by atoms with van der Waals surface area (Å²) in [4.78, 5) is 1.92. The van der Waals surface area contributed by atoms with Gasteiger partial charge in [-0.15, -0.1) is 15.3 Å². The van der Waals surface area contributed by atoms with Gasteiger partial charge < -0.3 is 9.64 Å². The molecular weight excluding hydrogens is 287 g/mol. The van der Waals surface area contributed by atoms with Crippen molar-refractivity contribution in [3.05, 3.63) is 17.0 Å². The second-order valence-corrected chi connectivity index (χ2v) is 4.93. The first-order valence-corrected chi connectivity index (χ1v) is 6.52. The van der Waals surface area contributed by atoms with Gasteiger partial charge in [0.2, 0.25) is 0 Å². The van der Waals surface area contributed by atoms with Crippen LogP contribution in [0.3, 0.4) is 0 Å². The first-order valence-electron chi connectivity index (χ1n) is 6.52. The molecule has 2 aromatic rings. The van der Waals surface area contributed by atoms with Gasteiger partial charge in [-0.05, 0) is 13.8 Å². The molecule has 3 rings (SSSR count). The summed E-state index contributed by atoms with van der Waals surface area (Å²) in [6.07, 6.45) is -4.59. The fraction of sp³-hybridized carbons (Fsp3) is 0.583. The van der Waals surface area contributed by atoms with Crippen LogP contribution in [0.2, 0.25) is 0 Å². The molecule has 2 aromatic heterocycles. The van der Waals surface area contributed by atoms with Crippen molar-refractivity contribution in [2.75, 3.05) is 31.2 Å². The van der Waals surface area contributed by atoms with E-state index in [2.05, 4.69) is 15.3 Å². The number of hydrogen-bond donors (Lipinski definition) is 0. The Labute approximate surface area is 118 Å². The minimum absolute atomic E-state index is 0.136. The van der Waals surface area contributed by atoms with Crippen molar-refractivity contribution in [1.82, 2.24) is 19.8 Å². The molecule has 0 amide bonds. The van der Waals surface area contributed by atoms with Crippen LogP contribution < -0.4 is 4.90 Å². The molecule has 1 fully saturated rings. The fourth-order valence-electron chi connectivity index (χ4n) is 2.37. The Morgan fingerprint density at radius 2 is 1.71 bits per heavy atom. The SMILES string of the molecule is Cc1c(N2CCOCC2)nn2c(C(F)(F)F)nnc2c1C. The largest absolute Gasteiger partial charge is 0.453 e. The number of anilines is 1.